The van der Waals surface area contributed by atoms with Crippen LogP contribution >= 0.6 is 0 Å². The SMILES string of the molecule is Nc1nc(Nc2ccc(C(=O)N3CCN(C4CC4)CC3)cc2)nn1-c1ccccn1. The van der Waals surface area contributed by atoms with Gasteiger partial charge in [-0.25, -0.2) is 4.98 Å². The van der Waals surface area contributed by atoms with Crippen molar-refractivity contribution in [1.29, 1.82) is 0 Å². The number of hydrogen-bond acceptors (Lipinski definition) is 7. The van der Waals surface area contributed by atoms with Gasteiger partial charge >= 0.3 is 0 Å². The molecule has 0 atom stereocenters. The number of piperazine rings is 1. The largest absolute Gasteiger partial charge is 0.368 e. The van der Waals surface area contributed by atoms with E-state index in [2.05, 4.69) is 25.3 Å². The molecule has 1 aliphatic heterocycles. The van der Waals surface area contributed by atoms with Crippen LogP contribution < -0.4 is 11.1 Å². The molecule has 3 heterocycles. The van der Waals surface area contributed by atoms with Crippen LogP contribution in [0.5, 0.6) is 0 Å². The normalized spacial score (nSPS) is 17.1. The Bertz CT molecular complexity index is 1020. The molecule has 30 heavy (non-hydrogen) atoms. The lowest BCUT2D eigenvalue weighted by Crippen LogP contribution is -2.49. The highest BCUT2D eigenvalue weighted by Crippen LogP contribution is 2.27. The van der Waals surface area contributed by atoms with Crippen molar-refractivity contribution in [2.75, 3.05) is 37.2 Å². The molecule has 0 spiro atoms. The molecule has 0 bridgehead atoms. The predicted octanol–water partition coefficient (Wildman–Crippen LogP) is 1.91. The van der Waals surface area contributed by atoms with Crippen LogP contribution in [0.1, 0.15) is 23.2 Å². The van der Waals surface area contributed by atoms with E-state index in [0.717, 1.165) is 37.9 Å². The van der Waals surface area contributed by atoms with Gasteiger partial charge in [0.2, 0.25) is 11.9 Å². The molecule has 1 aliphatic carbocycles. The van der Waals surface area contributed by atoms with Crippen molar-refractivity contribution in [3.05, 3.63) is 54.2 Å². The van der Waals surface area contributed by atoms with E-state index in [9.17, 15) is 4.79 Å². The fourth-order valence-corrected chi connectivity index (χ4v) is 3.76. The van der Waals surface area contributed by atoms with Crippen LogP contribution in [-0.4, -0.2) is 67.7 Å². The van der Waals surface area contributed by atoms with Crippen LogP contribution in [0.2, 0.25) is 0 Å². The summed E-state index contributed by atoms with van der Waals surface area (Å²) >= 11 is 0. The molecule has 5 rings (SSSR count). The van der Waals surface area contributed by atoms with Gasteiger partial charge in [0.1, 0.15) is 0 Å². The Balaban J connectivity index is 1.23. The van der Waals surface area contributed by atoms with Gasteiger partial charge in [0.05, 0.1) is 0 Å². The van der Waals surface area contributed by atoms with E-state index in [1.807, 2.05) is 41.3 Å². The molecule has 3 N–H and O–H groups in total. The molecule has 9 nitrogen and oxygen atoms in total. The lowest BCUT2D eigenvalue weighted by molar-refractivity contribution is 0.0627. The standard InChI is InChI=1S/C21H24N8O/c22-20-25-21(26-29(20)18-3-1-2-10-23-18)24-16-6-4-15(5-7-16)19(30)28-13-11-27(12-14-28)17-8-9-17/h1-7,10,17H,8-9,11-14H2,(H3,22,24,25,26). The minimum absolute atomic E-state index is 0.0822. The molecule has 2 aromatic heterocycles. The van der Waals surface area contributed by atoms with Crippen LogP contribution in [0, 0.1) is 0 Å². The van der Waals surface area contributed by atoms with Crippen LogP contribution in [-0.2, 0) is 0 Å². The average molecular weight is 404 g/mol. The zero-order valence-corrected chi connectivity index (χ0v) is 16.6. The molecular formula is C21H24N8O. The summed E-state index contributed by atoms with van der Waals surface area (Å²) in [6.45, 7) is 3.54. The molecular weight excluding hydrogens is 380 g/mol. The fraction of sp³-hybridized carbons (Fsp3) is 0.333. The summed E-state index contributed by atoms with van der Waals surface area (Å²) in [5.74, 6) is 1.29. The number of nitrogens with one attached hydrogen (secondary N) is 1. The summed E-state index contributed by atoms with van der Waals surface area (Å²) < 4.78 is 1.47. The summed E-state index contributed by atoms with van der Waals surface area (Å²) in [6.07, 6.45) is 4.29. The third kappa shape index (κ3) is 3.84. The maximum Gasteiger partial charge on any atom is 0.253 e. The van der Waals surface area contributed by atoms with Crippen molar-refractivity contribution in [3.63, 3.8) is 0 Å². The fourth-order valence-electron chi connectivity index (χ4n) is 3.76. The summed E-state index contributed by atoms with van der Waals surface area (Å²) in [7, 11) is 0. The first-order valence-electron chi connectivity index (χ1n) is 10.2. The van der Waals surface area contributed by atoms with Crippen molar-refractivity contribution >= 4 is 23.5 Å². The summed E-state index contributed by atoms with van der Waals surface area (Å²) in [4.78, 5) is 25.7. The first-order chi connectivity index (χ1) is 14.7. The minimum Gasteiger partial charge on any atom is -0.368 e. The smallest absolute Gasteiger partial charge is 0.253 e. The van der Waals surface area contributed by atoms with E-state index in [4.69, 9.17) is 5.73 Å². The van der Waals surface area contributed by atoms with E-state index in [1.54, 1.807) is 12.3 Å². The van der Waals surface area contributed by atoms with Crippen LogP contribution in [0.15, 0.2) is 48.7 Å². The maximum absolute atomic E-state index is 12.8. The molecule has 2 aliphatic rings. The van der Waals surface area contributed by atoms with Gasteiger partial charge in [-0.3, -0.25) is 9.69 Å². The summed E-state index contributed by atoms with van der Waals surface area (Å²) in [5.41, 5.74) is 7.43. The van der Waals surface area contributed by atoms with E-state index in [0.29, 0.717) is 17.3 Å². The van der Waals surface area contributed by atoms with Gasteiger partial charge in [-0.05, 0) is 49.2 Å². The van der Waals surface area contributed by atoms with Crippen molar-refractivity contribution in [2.45, 2.75) is 18.9 Å². The molecule has 3 aromatic rings. The topological polar surface area (TPSA) is 105 Å². The highest BCUT2D eigenvalue weighted by Gasteiger charge is 2.32. The Morgan fingerprint density at radius 3 is 2.47 bits per heavy atom. The lowest BCUT2D eigenvalue weighted by atomic mass is 10.1. The zero-order valence-electron chi connectivity index (χ0n) is 16.6. The molecule has 154 valence electrons. The molecule has 2 fully saturated rings. The van der Waals surface area contributed by atoms with E-state index >= 15 is 0 Å². The third-order valence-corrected chi connectivity index (χ3v) is 5.55. The van der Waals surface area contributed by atoms with Crippen LogP contribution in [0.25, 0.3) is 5.82 Å². The Morgan fingerprint density at radius 2 is 1.80 bits per heavy atom. The Labute approximate surface area is 174 Å². The third-order valence-electron chi connectivity index (χ3n) is 5.55. The van der Waals surface area contributed by atoms with Crippen molar-refractivity contribution in [1.82, 2.24) is 29.5 Å². The number of nitrogen functional groups attached to an aromatic ring is 1. The number of anilines is 3. The highest BCUT2D eigenvalue weighted by atomic mass is 16.2. The molecule has 9 heteroatoms. The number of aromatic nitrogens is 4. The lowest BCUT2D eigenvalue weighted by Gasteiger charge is -2.34. The molecule has 0 radical (unpaired) electrons. The van der Waals surface area contributed by atoms with Crippen molar-refractivity contribution in [2.24, 2.45) is 0 Å². The Kier molecular flexibility index (Phi) is 4.80. The minimum atomic E-state index is 0.0822. The van der Waals surface area contributed by atoms with Gasteiger partial charge < -0.3 is 16.0 Å². The van der Waals surface area contributed by atoms with Gasteiger partial charge in [-0.2, -0.15) is 9.67 Å². The molecule has 0 unspecified atom stereocenters. The molecule has 1 amide bonds. The predicted molar refractivity (Wildman–Crippen MR) is 114 cm³/mol. The number of nitrogens with zero attached hydrogens (tertiary/aromatic N) is 6. The number of amides is 1. The van der Waals surface area contributed by atoms with Crippen molar-refractivity contribution < 1.29 is 4.79 Å². The number of benzene rings is 1. The first-order valence-corrected chi connectivity index (χ1v) is 10.2. The Morgan fingerprint density at radius 1 is 1.03 bits per heavy atom. The number of hydrogen-bond donors (Lipinski definition) is 2. The van der Waals surface area contributed by atoms with Crippen LogP contribution in [0.3, 0.4) is 0 Å². The molecule has 1 aromatic carbocycles. The zero-order chi connectivity index (χ0) is 20.5. The van der Waals surface area contributed by atoms with E-state index in [-0.39, 0.29) is 11.9 Å². The van der Waals surface area contributed by atoms with Gasteiger partial charge in [-0.1, -0.05) is 6.07 Å². The summed E-state index contributed by atoms with van der Waals surface area (Å²) in [5, 5.41) is 7.48. The summed E-state index contributed by atoms with van der Waals surface area (Å²) in [6, 6.07) is 13.6. The van der Waals surface area contributed by atoms with Gasteiger partial charge in [0.25, 0.3) is 5.91 Å². The average Bonchev–Trinajstić information content (AvgIpc) is 3.57. The van der Waals surface area contributed by atoms with Gasteiger partial charge in [0.15, 0.2) is 5.82 Å². The number of nitrogens with two attached hydrogens (primary N) is 1. The second-order valence-corrected chi connectivity index (χ2v) is 7.66. The first kappa shape index (κ1) is 18.6. The maximum atomic E-state index is 12.8. The highest BCUT2D eigenvalue weighted by molar-refractivity contribution is 5.94. The van der Waals surface area contributed by atoms with Crippen molar-refractivity contribution in [3.8, 4) is 5.82 Å². The quantitative estimate of drug-likeness (QED) is 0.669. The Hall–Kier alpha value is -3.46. The number of carbonyl (C=O) groups is 1. The molecule has 1 saturated heterocycles. The number of rotatable bonds is 5. The number of pyridine rings is 1. The van der Waals surface area contributed by atoms with Gasteiger partial charge in [0, 0.05) is 49.7 Å². The number of carbonyl (C=O) groups excluding carboxylic acids is 1. The second kappa shape index (κ2) is 7.75. The van der Waals surface area contributed by atoms with Gasteiger partial charge in [-0.15, -0.1) is 5.10 Å². The van der Waals surface area contributed by atoms with E-state index in [1.165, 1.54) is 17.5 Å². The molecule has 1 saturated carbocycles. The monoisotopic (exact) mass is 404 g/mol. The second-order valence-electron chi connectivity index (χ2n) is 7.66. The van der Waals surface area contributed by atoms with Crippen LogP contribution in [0.4, 0.5) is 17.6 Å². The van der Waals surface area contributed by atoms with E-state index < -0.39 is 0 Å².